The van der Waals surface area contributed by atoms with Gasteiger partial charge in [0.1, 0.15) is 6.10 Å². The van der Waals surface area contributed by atoms with Gasteiger partial charge in [-0.1, -0.05) is 42.4 Å². The fourth-order valence-corrected chi connectivity index (χ4v) is 2.75. The van der Waals surface area contributed by atoms with Crippen molar-refractivity contribution in [2.45, 2.75) is 25.4 Å². The summed E-state index contributed by atoms with van der Waals surface area (Å²) >= 11 is 0. The van der Waals surface area contributed by atoms with Crippen LogP contribution in [0, 0.1) is 5.92 Å². The molecule has 0 bridgehead atoms. The van der Waals surface area contributed by atoms with Gasteiger partial charge in [-0.25, -0.2) is 4.79 Å². The highest BCUT2D eigenvalue weighted by molar-refractivity contribution is 6.39. The van der Waals surface area contributed by atoms with Crippen molar-refractivity contribution in [3.8, 4) is 0 Å². The molecular weight excluding hydrogens is 230 g/mol. The van der Waals surface area contributed by atoms with Crippen LogP contribution in [0.3, 0.4) is 0 Å². The highest BCUT2D eigenvalue weighted by Gasteiger charge is 2.71. The Bertz CT molecular complexity index is 511. The number of carbonyl (C=O) groups is 1. The maximum absolute atomic E-state index is 11.8. The number of fused-ring (bicyclic) bond motifs is 1. The SMILES string of the molecule is CCOC(=O)C1=NO[C@H]2[C@@H]1[C@]2(C)c1ccccc1. The first-order valence-electron chi connectivity index (χ1n) is 6.16. The molecule has 2 aliphatic rings. The molecule has 18 heavy (non-hydrogen) atoms. The van der Waals surface area contributed by atoms with Crippen LogP contribution in [0.25, 0.3) is 0 Å². The lowest BCUT2D eigenvalue weighted by Crippen LogP contribution is -2.23. The number of benzene rings is 1. The summed E-state index contributed by atoms with van der Waals surface area (Å²) in [4.78, 5) is 17.1. The van der Waals surface area contributed by atoms with Crippen molar-refractivity contribution in [1.82, 2.24) is 0 Å². The van der Waals surface area contributed by atoms with E-state index < -0.39 is 0 Å². The molecule has 1 aliphatic heterocycles. The van der Waals surface area contributed by atoms with Gasteiger partial charge in [0, 0.05) is 5.41 Å². The van der Waals surface area contributed by atoms with Gasteiger partial charge in [-0.3, -0.25) is 0 Å². The molecule has 4 heteroatoms. The monoisotopic (exact) mass is 245 g/mol. The third kappa shape index (κ3) is 1.38. The van der Waals surface area contributed by atoms with Crippen LogP contribution in [-0.2, 0) is 19.8 Å². The number of oxime groups is 1. The third-order valence-corrected chi connectivity index (χ3v) is 3.87. The van der Waals surface area contributed by atoms with Gasteiger partial charge < -0.3 is 9.57 Å². The van der Waals surface area contributed by atoms with Crippen molar-refractivity contribution < 1.29 is 14.4 Å². The highest BCUT2D eigenvalue weighted by Crippen LogP contribution is 2.59. The maximum atomic E-state index is 11.8. The molecule has 0 N–H and O–H groups in total. The molecule has 1 aliphatic carbocycles. The largest absolute Gasteiger partial charge is 0.461 e. The number of rotatable bonds is 3. The Morgan fingerprint density at radius 2 is 2.17 bits per heavy atom. The quantitative estimate of drug-likeness (QED) is 0.764. The minimum absolute atomic E-state index is 0.0268. The normalized spacial score (nSPS) is 32.2. The third-order valence-electron chi connectivity index (χ3n) is 3.87. The van der Waals surface area contributed by atoms with Crippen molar-refractivity contribution in [2.75, 3.05) is 6.61 Å². The van der Waals surface area contributed by atoms with Gasteiger partial charge >= 0.3 is 5.97 Å². The summed E-state index contributed by atoms with van der Waals surface area (Å²) in [5, 5.41) is 3.85. The zero-order valence-electron chi connectivity index (χ0n) is 10.4. The lowest BCUT2D eigenvalue weighted by atomic mass is 9.93. The standard InChI is InChI=1S/C14H15NO3/c1-3-17-13(16)11-10-12(18-15-11)14(10,2)9-7-5-4-6-8-9/h4-8,10,12H,3H2,1-2H3/t10-,12+,14+/m1/s1. The zero-order valence-corrected chi connectivity index (χ0v) is 10.4. The van der Waals surface area contributed by atoms with E-state index in [1.165, 1.54) is 5.56 Å². The second kappa shape index (κ2) is 3.83. The fraction of sp³-hybridized carbons (Fsp3) is 0.429. The summed E-state index contributed by atoms with van der Waals surface area (Å²) in [6, 6.07) is 10.1. The van der Waals surface area contributed by atoms with Gasteiger partial charge in [-0.15, -0.1) is 0 Å². The summed E-state index contributed by atoms with van der Waals surface area (Å²) in [7, 11) is 0. The number of esters is 1. The molecule has 0 radical (unpaired) electrons. The summed E-state index contributed by atoms with van der Waals surface area (Å²) in [5.41, 5.74) is 1.45. The lowest BCUT2D eigenvalue weighted by molar-refractivity contribution is -0.135. The van der Waals surface area contributed by atoms with Crippen molar-refractivity contribution in [3.63, 3.8) is 0 Å². The molecule has 0 saturated heterocycles. The van der Waals surface area contributed by atoms with Gasteiger partial charge in [0.25, 0.3) is 0 Å². The van der Waals surface area contributed by atoms with E-state index in [1.54, 1.807) is 6.92 Å². The maximum Gasteiger partial charge on any atom is 0.356 e. The summed E-state index contributed by atoms with van der Waals surface area (Å²) < 4.78 is 5.00. The van der Waals surface area contributed by atoms with E-state index in [0.717, 1.165) is 0 Å². The minimum atomic E-state index is -0.357. The average molecular weight is 245 g/mol. The molecule has 1 aromatic carbocycles. The Kier molecular flexibility index (Phi) is 2.40. The Labute approximate surface area is 106 Å². The molecule has 1 heterocycles. The Morgan fingerprint density at radius 3 is 2.83 bits per heavy atom. The molecule has 3 atom stereocenters. The van der Waals surface area contributed by atoms with Crippen LogP contribution >= 0.6 is 0 Å². The highest BCUT2D eigenvalue weighted by atomic mass is 16.7. The first-order chi connectivity index (χ1) is 8.69. The van der Waals surface area contributed by atoms with Gasteiger partial charge in [0.05, 0.1) is 12.5 Å². The number of hydrogen-bond acceptors (Lipinski definition) is 4. The van der Waals surface area contributed by atoms with Crippen molar-refractivity contribution in [3.05, 3.63) is 35.9 Å². The average Bonchev–Trinajstić information content (AvgIpc) is 2.78. The first kappa shape index (κ1) is 11.3. The molecule has 0 spiro atoms. The molecule has 3 rings (SSSR count). The van der Waals surface area contributed by atoms with E-state index in [9.17, 15) is 4.79 Å². The molecule has 1 saturated carbocycles. The van der Waals surface area contributed by atoms with Crippen molar-refractivity contribution in [2.24, 2.45) is 11.1 Å². The van der Waals surface area contributed by atoms with Crippen LogP contribution in [0.5, 0.6) is 0 Å². The smallest absolute Gasteiger partial charge is 0.356 e. The van der Waals surface area contributed by atoms with Crippen LogP contribution in [0.1, 0.15) is 19.4 Å². The molecule has 1 aromatic rings. The predicted octanol–water partition coefficient (Wildman–Crippen LogP) is 1.89. The first-order valence-corrected chi connectivity index (χ1v) is 6.16. The number of ether oxygens (including phenoxy) is 1. The molecule has 4 nitrogen and oxygen atoms in total. The van der Waals surface area contributed by atoms with E-state index in [1.807, 2.05) is 18.2 Å². The van der Waals surface area contributed by atoms with Crippen molar-refractivity contribution in [1.29, 1.82) is 0 Å². The molecule has 1 fully saturated rings. The van der Waals surface area contributed by atoms with E-state index in [2.05, 4.69) is 24.2 Å². The molecule has 0 amide bonds. The number of nitrogens with zero attached hydrogens (tertiary/aromatic N) is 1. The second-order valence-corrected chi connectivity index (χ2v) is 4.85. The fourth-order valence-electron chi connectivity index (χ4n) is 2.75. The van der Waals surface area contributed by atoms with E-state index in [0.29, 0.717) is 12.3 Å². The topological polar surface area (TPSA) is 47.9 Å². The van der Waals surface area contributed by atoms with Crippen LogP contribution in [-0.4, -0.2) is 24.4 Å². The Balaban J connectivity index is 1.85. The summed E-state index contributed by atoms with van der Waals surface area (Å²) in [6.07, 6.45) is -0.0284. The van der Waals surface area contributed by atoms with Crippen LogP contribution in [0.4, 0.5) is 0 Å². The molecule has 0 aromatic heterocycles. The molecular formula is C14H15NO3. The van der Waals surface area contributed by atoms with Gasteiger partial charge in [-0.2, -0.15) is 0 Å². The van der Waals surface area contributed by atoms with Crippen molar-refractivity contribution >= 4 is 11.7 Å². The van der Waals surface area contributed by atoms with Crippen LogP contribution in [0.2, 0.25) is 0 Å². The molecule has 94 valence electrons. The van der Waals surface area contributed by atoms with E-state index in [-0.39, 0.29) is 23.4 Å². The van der Waals surface area contributed by atoms with Gasteiger partial charge in [0.15, 0.2) is 5.71 Å². The van der Waals surface area contributed by atoms with Gasteiger partial charge in [0.2, 0.25) is 0 Å². The Hall–Kier alpha value is -1.84. The lowest BCUT2D eigenvalue weighted by Gasteiger charge is -2.14. The van der Waals surface area contributed by atoms with E-state index in [4.69, 9.17) is 9.57 Å². The summed E-state index contributed by atoms with van der Waals surface area (Å²) in [6.45, 7) is 4.25. The molecule has 0 unspecified atom stereocenters. The van der Waals surface area contributed by atoms with E-state index >= 15 is 0 Å². The summed E-state index contributed by atoms with van der Waals surface area (Å²) in [5.74, 6) is -0.330. The predicted molar refractivity (Wildman–Crippen MR) is 66.2 cm³/mol. The Morgan fingerprint density at radius 1 is 1.44 bits per heavy atom. The number of hydrogen-bond donors (Lipinski definition) is 0. The van der Waals surface area contributed by atoms with Gasteiger partial charge in [-0.05, 0) is 12.5 Å². The zero-order chi connectivity index (χ0) is 12.8. The van der Waals surface area contributed by atoms with Crippen LogP contribution < -0.4 is 0 Å². The second-order valence-electron chi connectivity index (χ2n) is 4.85. The van der Waals surface area contributed by atoms with Crippen LogP contribution in [0.15, 0.2) is 35.5 Å². The number of carbonyl (C=O) groups excluding carboxylic acids is 1. The minimum Gasteiger partial charge on any atom is -0.461 e.